The Morgan fingerprint density at radius 2 is 2.14 bits per heavy atom. The fourth-order valence-corrected chi connectivity index (χ4v) is 3.02. The van der Waals surface area contributed by atoms with Crippen molar-refractivity contribution in [3.63, 3.8) is 0 Å². The van der Waals surface area contributed by atoms with Gasteiger partial charge >= 0.3 is 0 Å². The SMILES string of the molecule is Cc1ccnc(SCC(=O)N2N=CCC2c2ccccc2)n1. The van der Waals surface area contributed by atoms with E-state index in [1.54, 1.807) is 17.4 Å². The molecule has 0 fully saturated rings. The number of amides is 1. The summed E-state index contributed by atoms with van der Waals surface area (Å²) in [6.07, 6.45) is 4.25. The number of aromatic nitrogens is 2. The van der Waals surface area contributed by atoms with Crippen molar-refractivity contribution >= 4 is 23.9 Å². The first-order valence-corrected chi connectivity index (χ1v) is 8.04. The van der Waals surface area contributed by atoms with Gasteiger partial charge in [-0.25, -0.2) is 15.0 Å². The van der Waals surface area contributed by atoms with Crippen LogP contribution in [0.15, 0.2) is 52.9 Å². The summed E-state index contributed by atoms with van der Waals surface area (Å²) >= 11 is 1.34. The van der Waals surface area contributed by atoms with E-state index in [1.165, 1.54) is 11.8 Å². The molecule has 2 aromatic rings. The fourth-order valence-electron chi connectivity index (χ4n) is 2.29. The molecule has 6 heteroatoms. The minimum absolute atomic E-state index is 0.00673. The van der Waals surface area contributed by atoms with Crippen LogP contribution >= 0.6 is 11.8 Å². The second-order valence-corrected chi connectivity index (χ2v) is 5.91. The number of hydrogen-bond donors (Lipinski definition) is 0. The van der Waals surface area contributed by atoms with Crippen LogP contribution in [0.4, 0.5) is 0 Å². The number of nitrogens with zero attached hydrogens (tertiary/aromatic N) is 4. The monoisotopic (exact) mass is 312 g/mol. The maximum absolute atomic E-state index is 12.4. The Kier molecular flexibility index (Phi) is 4.48. The van der Waals surface area contributed by atoms with Crippen molar-refractivity contribution in [2.75, 3.05) is 5.75 Å². The molecule has 0 bridgehead atoms. The lowest BCUT2D eigenvalue weighted by molar-refractivity contribution is -0.130. The van der Waals surface area contributed by atoms with Crippen molar-refractivity contribution < 1.29 is 4.79 Å². The van der Waals surface area contributed by atoms with E-state index in [1.807, 2.05) is 43.3 Å². The number of rotatable bonds is 4. The second-order valence-electron chi connectivity index (χ2n) is 4.97. The van der Waals surface area contributed by atoms with Gasteiger partial charge < -0.3 is 0 Å². The minimum atomic E-state index is -0.0299. The molecule has 3 rings (SSSR count). The van der Waals surface area contributed by atoms with Gasteiger partial charge in [0.15, 0.2) is 5.16 Å². The normalized spacial score (nSPS) is 17.0. The zero-order valence-corrected chi connectivity index (χ0v) is 13.0. The lowest BCUT2D eigenvalue weighted by Gasteiger charge is -2.21. The smallest absolute Gasteiger partial charge is 0.253 e. The number of hydrazone groups is 1. The van der Waals surface area contributed by atoms with Crippen molar-refractivity contribution in [2.24, 2.45) is 5.10 Å². The van der Waals surface area contributed by atoms with E-state index < -0.39 is 0 Å². The first-order chi connectivity index (χ1) is 10.7. The molecule has 1 amide bonds. The Morgan fingerprint density at radius 3 is 2.91 bits per heavy atom. The maximum atomic E-state index is 12.4. The maximum Gasteiger partial charge on any atom is 0.253 e. The topological polar surface area (TPSA) is 58.5 Å². The highest BCUT2D eigenvalue weighted by Crippen LogP contribution is 2.28. The molecule has 5 nitrogen and oxygen atoms in total. The molecule has 1 aromatic carbocycles. The predicted molar refractivity (Wildman–Crippen MR) is 86.6 cm³/mol. The molecular weight excluding hydrogens is 296 g/mol. The van der Waals surface area contributed by atoms with Gasteiger partial charge in [0.2, 0.25) is 0 Å². The van der Waals surface area contributed by atoms with Gasteiger partial charge in [-0.1, -0.05) is 42.1 Å². The fraction of sp³-hybridized carbons (Fsp3) is 0.250. The third-order valence-electron chi connectivity index (χ3n) is 3.37. The molecule has 1 unspecified atom stereocenters. The lowest BCUT2D eigenvalue weighted by atomic mass is 10.0. The van der Waals surface area contributed by atoms with Crippen LogP contribution in [0.25, 0.3) is 0 Å². The minimum Gasteiger partial charge on any atom is -0.272 e. The van der Waals surface area contributed by atoms with Crippen LogP contribution < -0.4 is 0 Å². The molecule has 0 spiro atoms. The highest BCUT2D eigenvalue weighted by atomic mass is 32.2. The molecule has 0 saturated carbocycles. The first-order valence-electron chi connectivity index (χ1n) is 7.06. The number of aryl methyl sites for hydroxylation is 1. The van der Waals surface area contributed by atoms with Crippen LogP contribution in [-0.2, 0) is 4.79 Å². The first kappa shape index (κ1) is 14.7. The Labute approximate surface area is 133 Å². The van der Waals surface area contributed by atoms with Gasteiger partial charge in [-0.05, 0) is 18.6 Å². The third-order valence-corrected chi connectivity index (χ3v) is 4.21. The Bertz CT molecular complexity index is 690. The van der Waals surface area contributed by atoms with Gasteiger partial charge in [-0.2, -0.15) is 5.10 Å². The predicted octanol–water partition coefficient (Wildman–Crippen LogP) is 2.84. The second kappa shape index (κ2) is 6.70. The largest absolute Gasteiger partial charge is 0.272 e. The molecule has 0 N–H and O–H groups in total. The molecule has 1 atom stereocenters. The van der Waals surface area contributed by atoms with Gasteiger partial charge in [0, 0.05) is 24.5 Å². The number of benzene rings is 1. The van der Waals surface area contributed by atoms with Crippen molar-refractivity contribution in [1.29, 1.82) is 0 Å². The van der Waals surface area contributed by atoms with E-state index in [4.69, 9.17) is 0 Å². The molecular formula is C16H16N4OS. The molecule has 22 heavy (non-hydrogen) atoms. The van der Waals surface area contributed by atoms with E-state index in [9.17, 15) is 4.79 Å². The van der Waals surface area contributed by atoms with Gasteiger partial charge in [0.1, 0.15) is 0 Å². The summed E-state index contributed by atoms with van der Waals surface area (Å²) < 4.78 is 0. The van der Waals surface area contributed by atoms with E-state index in [0.717, 1.165) is 17.7 Å². The van der Waals surface area contributed by atoms with Crippen molar-refractivity contribution in [2.45, 2.75) is 24.5 Å². The quantitative estimate of drug-likeness (QED) is 0.643. The van der Waals surface area contributed by atoms with Crippen LogP contribution in [0.3, 0.4) is 0 Å². The molecule has 1 aliphatic rings. The third kappa shape index (κ3) is 3.33. The van der Waals surface area contributed by atoms with Gasteiger partial charge in [-0.15, -0.1) is 0 Å². The number of carbonyl (C=O) groups is 1. The molecule has 0 radical (unpaired) electrons. The summed E-state index contributed by atoms with van der Waals surface area (Å²) in [5.41, 5.74) is 2.00. The van der Waals surface area contributed by atoms with Crippen molar-refractivity contribution in [3.8, 4) is 0 Å². The van der Waals surface area contributed by atoms with E-state index in [0.29, 0.717) is 5.16 Å². The summed E-state index contributed by atoms with van der Waals surface area (Å²) in [5.74, 6) is 0.252. The lowest BCUT2D eigenvalue weighted by Crippen LogP contribution is -2.28. The van der Waals surface area contributed by atoms with E-state index in [-0.39, 0.29) is 17.7 Å². The van der Waals surface area contributed by atoms with Gasteiger partial charge in [-0.3, -0.25) is 4.79 Å². The Morgan fingerprint density at radius 1 is 1.32 bits per heavy atom. The molecule has 112 valence electrons. The number of hydrogen-bond acceptors (Lipinski definition) is 5. The molecule has 1 aliphatic heterocycles. The van der Waals surface area contributed by atoms with E-state index >= 15 is 0 Å². The van der Waals surface area contributed by atoms with E-state index in [2.05, 4.69) is 15.1 Å². The highest BCUT2D eigenvalue weighted by molar-refractivity contribution is 7.99. The van der Waals surface area contributed by atoms with Crippen molar-refractivity contribution in [3.05, 3.63) is 53.9 Å². The zero-order valence-electron chi connectivity index (χ0n) is 12.2. The summed E-state index contributed by atoms with van der Waals surface area (Å²) in [4.78, 5) is 20.9. The summed E-state index contributed by atoms with van der Waals surface area (Å²) in [6.45, 7) is 1.91. The van der Waals surface area contributed by atoms with Crippen molar-refractivity contribution in [1.82, 2.24) is 15.0 Å². The summed E-state index contributed by atoms with van der Waals surface area (Å²) in [5, 5.41) is 6.41. The van der Waals surface area contributed by atoms with Crippen LogP contribution in [0, 0.1) is 6.92 Å². The molecule has 1 aromatic heterocycles. The standard InChI is InChI=1S/C16H16N4OS/c1-12-7-9-17-16(19-12)22-11-15(21)20-14(8-10-18-20)13-5-3-2-4-6-13/h2-7,9-10,14H,8,11H2,1H3. The van der Waals surface area contributed by atoms with Crippen LogP contribution in [0.2, 0.25) is 0 Å². The molecule has 2 heterocycles. The average molecular weight is 312 g/mol. The summed E-state index contributed by atoms with van der Waals surface area (Å²) in [7, 11) is 0. The van der Waals surface area contributed by atoms with Gasteiger partial charge in [0.25, 0.3) is 5.91 Å². The van der Waals surface area contributed by atoms with Crippen LogP contribution in [-0.4, -0.2) is 32.9 Å². The van der Waals surface area contributed by atoms with Gasteiger partial charge in [0.05, 0.1) is 11.8 Å². The Balaban J connectivity index is 1.65. The Hall–Kier alpha value is -2.21. The molecule has 0 saturated heterocycles. The average Bonchev–Trinajstić information content (AvgIpc) is 3.03. The number of thioether (sulfide) groups is 1. The summed E-state index contributed by atoms with van der Waals surface area (Å²) in [6, 6.07) is 11.8. The molecule has 0 aliphatic carbocycles. The number of carbonyl (C=O) groups excluding carboxylic acids is 1. The van der Waals surface area contributed by atoms with Crippen LogP contribution in [0.5, 0.6) is 0 Å². The highest BCUT2D eigenvalue weighted by Gasteiger charge is 2.27. The van der Waals surface area contributed by atoms with Crippen LogP contribution in [0.1, 0.15) is 23.7 Å². The zero-order chi connectivity index (χ0) is 15.4.